The van der Waals surface area contributed by atoms with Gasteiger partial charge in [0.15, 0.2) is 5.82 Å². The Morgan fingerprint density at radius 1 is 0.403 bits per heavy atom. The van der Waals surface area contributed by atoms with E-state index in [-0.39, 0.29) is 0 Å². The van der Waals surface area contributed by atoms with Crippen LogP contribution in [0.4, 0.5) is 0 Å². The van der Waals surface area contributed by atoms with Crippen LogP contribution in [0, 0.1) is 11.3 Å². The van der Waals surface area contributed by atoms with Crippen LogP contribution in [0.25, 0.3) is 78.1 Å². The highest BCUT2D eigenvalue weighted by Gasteiger charge is 2.51. The fourth-order valence-electron chi connectivity index (χ4n) is 9.96. The number of nitriles is 1. The third kappa shape index (κ3) is 5.46. The number of nitrogens with zero attached hydrogens (tertiary/aromatic N) is 3. The molecule has 1 aromatic heterocycles. The molecule has 9 aromatic carbocycles. The van der Waals surface area contributed by atoms with Gasteiger partial charge in [-0.3, -0.25) is 0 Å². The molecular weight excluding hydrogens is 771 g/mol. The molecule has 0 saturated heterocycles. The lowest BCUT2D eigenvalue weighted by molar-refractivity contribution is 0.723. The Morgan fingerprint density at radius 2 is 0.952 bits per heavy atom. The van der Waals surface area contributed by atoms with Crippen molar-refractivity contribution in [1.82, 2.24) is 9.97 Å². The van der Waals surface area contributed by atoms with Crippen molar-refractivity contribution < 1.29 is 0 Å². The van der Waals surface area contributed by atoms with Crippen molar-refractivity contribution in [2.24, 2.45) is 0 Å². The Balaban J connectivity index is 1.11. The van der Waals surface area contributed by atoms with Crippen LogP contribution in [0.5, 0.6) is 0 Å². The van der Waals surface area contributed by atoms with Crippen LogP contribution >= 0.6 is 11.8 Å². The zero-order valence-corrected chi connectivity index (χ0v) is 34.3. The minimum Gasteiger partial charge on any atom is -0.228 e. The van der Waals surface area contributed by atoms with E-state index in [0.29, 0.717) is 11.4 Å². The summed E-state index contributed by atoms with van der Waals surface area (Å²) in [7, 11) is 0. The van der Waals surface area contributed by atoms with Gasteiger partial charge in [0.2, 0.25) is 0 Å². The topological polar surface area (TPSA) is 49.6 Å². The molecule has 1 unspecified atom stereocenters. The average Bonchev–Trinajstić information content (AvgIpc) is 3.65. The fourth-order valence-corrected chi connectivity index (χ4v) is 11.3. The molecule has 2 aliphatic rings. The van der Waals surface area contributed by atoms with Crippen molar-refractivity contribution in [1.29, 1.82) is 5.26 Å². The van der Waals surface area contributed by atoms with Gasteiger partial charge in [-0.2, -0.15) is 5.26 Å². The summed E-state index contributed by atoms with van der Waals surface area (Å²) in [5.41, 5.74) is 17.0. The summed E-state index contributed by atoms with van der Waals surface area (Å²) < 4.78 is 0. The van der Waals surface area contributed by atoms with E-state index in [4.69, 9.17) is 9.97 Å². The normalized spacial score (nSPS) is 14.4. The van der Waals surface area contributed by atoms with Crippen LogP contribution in [0.3, 0.4) is 0 Å². The van der Waals surface area contributed by atoms with Crippen molar-refractivity contribution in [3.8, 4) is 73.4 Å². The van der Waals surface area contributed by atoms with E-state index < -0.39 is 5.41 Å². The zero-order chi connectivity index (χ0) is 41.2. The van der Waals surface area contributed by atoms with Gasteiger partial charge in [-0.25, -0.2) is 9.97 Å². The van der Waals surface area contributed by atoms with Crippen molar-refractivity contribution in [3.63, 3.8) is 0 Å². The standard InChI is InChI=1S/C58H35N3S/c59-36-37-29-31-38(32-30-37)41-33-34-44(43-20-8-7-19-42(41)43)45-22-13-27-51-56(45)62-54-28-12-11-25-49(54)58(51)48-24-10-9-21-46(48)55-47(23-14-26-50(55)58)57-60-52(39-15-3-1-4-16-39)35-53(61-57)40-17-5-2-6-18-40/h1-35H. The third-order valence-corrected chi connectivity index (χ3v) is 13.9. The van der Waals surface area contributed by atoms with Gasteiger partial charge in [-0.15, -0.1) is 0 Å². The van der Waals surface area contributed by atoms with Crippen LogP contribution in [-0.4, -0.2) is 9.97 Å². The first kappa shape index (κ1) is 36.0. The smallest absolute Gasteiger partial charge is 0.161 e. The highest BCUT2D eigenvalue weighted by atomic mass is 32.2. The van der Waals surface area contributed by atoms with Crippen molar-refractivity contribution in [2.45, 2.75) is 15.2 Å². The lowest BCUT2D eigenvalue weighted by atomic mass is 9.67. The summed E-state index contributed by atoms with van der Waals surface area (Å²) in [6.07, 6.45) is 0. The zero-order valence-electron chi connectivity index (χ0n) is 33.5. The summed E-state index contributed by atoms with van der Waals surface area (Å²) in [5.74, 6) is 0.704. The molecule has 0 fully saturated rings. The van der Waals surface area contributed by atoms with Crippen LogP contribution in [-0.2, 0) is 5.41 Å². The second-order valence-corrected chi connectivity index (χ2v) is 16.9. The molecule has 10 aromatic rings. The van der Waals surface area contributed by atoms with Crippen molar-refractivity contribution >= 4 is 22.5 Å². The molecule has 1 spiro atoms. The van der Waals surface area contributed by atoms with Gasteiger partial charge in [0.05, 0.1) is 28.4 Å². The molecule has 0 radical (unpaired) electrons. The highest BCUT2D eigenvalue weighted by molar-refractivity contribution is 7.99. The number of hydrogen-bond acceptors (Lipinski definition) is 4. The maximum atomic E-state index is 9.48. The summed E-state index contributed by atoms with van der Waals surface area (Å²) in [4.78, 5) is 13.2. The highest BCUT2D eigenvalue weighted by Crippen LogP contribution is 2.64. The van der Waals surface area contributed by atoms with Crippen LogP contribution in [0.1, 0.15) is 27.8 Å². The molecule has 1 aliphatic carbocycles. The van der Waals surface area contributed by atoms with E-state index >= 15 is 0 Å². The Labute approximate surface area is 364 Å². The second-order valence-electron chi connectivity index (χ2n) is 15.9. The Bertz CT molecular complexity index is 3390. The maximum Gasteiger partial charge on any atom is 0.161 e. The largest absolute Gasteiger partial charge is 0.228 e. The molecule has 288 valence electrons. The summed E-state index contributed by atoms with van der Waals surface area (Å²) in [5, 5.41) is 11.9. The number of benzene rings is 9. The van der Waals surface area contributed by atoms with E-state index in [9.17, 15) is 5.26 Å². The van der Waals surface area contributed by atoms with Gasteiger partial charge in [-0.05, 0) is 90.7 Å². The fraction of sp³-hybridized carbons (Fsp3) is 0.0172. The number of fused-ring (bicyclic) bond motifs is 10. The molecule has 1 atom stereocenters. The first-order chi connectivity index (χ1) is 30.7. The predicted octanol–water partition coefficient (Wildman–Crippen LogP) is 14.7. The molecule has 0 bridgehead atoms. The van der Waals surface area contributed by atoms with Crippen LogP contribution < -0.4 is 0 Å². The summed E-state index contributed by atoms with van der Waals surface area (Å²) in [6.45, 7) is 0. The van der Waals surface area contributed by atoms with E-state index in [1.165, 1.54) is 65.1 Å². The first-order valence-electron chi connectivity index (χ1n) is 20.9. The molecule has 62 heavy (non-hydrogen) atoms. The van der Waals surface area contributed by atoms with Crippen LogP contribution in [0.2, 0.25) is 0 Å². The number of hydrogen-bond donors (Lipinski definition) is 0. The lowest BCUT2D eigenvalue weighted by Crippen LogP contribution is -2.32. The van der Waals surface area contributed by atoms with Crippen molar-refractivity contribution in [3.05, 3.63) is 240 Å². The number of rotatable bonds is 5. The van der Waals surface area contributed by atoms with E-state index in [2.05, 4.69) is 194 Å². The lowest BCUT2D eigenvalue weighted by Gasteiger charge is -2.40. The SMILES string of the molecule is N#Cc1ccc(-c2ccc(-c3cccc4c3Sc3ccccc3C43c4ccccc4-c4c(-c5nc(-c6ccccc6)cc(-c6ccccc6)n5)cccc43)c3ccccc23)cc1. The Kier molecular flexibility index (Phi) is 8.38. The predicted molar refractivity (Wildman–Crippen MR) is 253 cm³/mol. The van der Waals surface area contributed by atoms with Gasteiger partial charge in [0.25, 0.3) is 0 Å². The molecule has 0 N–H and O–H groups in total. The Morgan fingerprint density at radius 3 is 1.66 bits per heavy atom. The molecule has 2 heterocycles. The molecule has 1 aliphatic heterocycles. The molecule has 3 nitrogen and oxygen atoms in total. The third-order valence-electron chi connectivity index (χ3n) is 12.6. The summed E-state index contributed by atoms with van der Waals surface area (Å²) >= 11 is 1.87. The van der Waals surface area contributed by atoms with Crippen LogP contribution in [0.15, 0.2) is 222 Å². The quantitative estimate of drug-likeness (QED) is 0.174. The number of aromatic nitrogens is 2. The average molecular weight is 806 g/mol. The van der Waals surface area contributed by atoms with Gasteiger partial charge >= 0.3 is 0 Å². The maximum absolute atomic E-state index is 9.48. The van der Waals surface area contributed by atoms with Gasteiger partial charge in [0.1, 0.15) is 0 Å². The van der Waals surface area contributed by atoms with Gasteiger partial charge in [0, 0.05) is 26.5 Å². The monoisotopic (exact) mass is 805 g/mol. The van der Waals surface area contributed by atoms with E-state index in [0.717, 1.165) is 39.2 Å². The van der Waals surface area contributed by atoms with E-state index in [1.54, 1.807) is 0 Å². The minimum absolute atomic E-state index is 0.605. The first-order valence-corrected chi connectivity index (χ1v) is 21.7. The van der Waals surface area contributed by atoms with Crippen molar-refractivity contribution in [2.75, 3.05) is 0 Å². The summed E-state index contributed by atoms with van der Waals surface area (Å²) in [6, 6.07) is 77.9. The minimum atomic E-state index is -0.605. The van der Waals surface area contributed by atoms with Gasteiger partial charge in [-0.1, -0.05) is 200 Å². The Hall–Kier alpha value is -7.84. The molecule has 12 rings (SSSR count). The van der Waals surface area contributed by atoms with Gasteiger partial charge < -0.3 is 0 Å². The molecule has 0 saturated carbocycles. The molecule has 0 amide bonds. The van der Waals surface area contributed by atoms with E-state index in [1.807, 2.05) is 36.0 Å². The second kappa shape index (κ2) is 14.4. The molecular formula is C58H35N3S. The molecule has 4 heteroatoms.